The first-order valence-electron chi connectivity index (χ1n) is 14.2. The zero-order chi connectivity index (χ0) is 55.9. The van der Waals surface area contributed by atoms with E-state index in [1.807, 2.05) is 0 Å². The van der Waals surface area contributed by atoms with E-state index >= 15 is 26.3 Å². The van der Waals surface area contributed by atoms with Crippen molar-refractivity contribution in [1.29, 1.82) is 0 Å². The minimum absolute atomic E-state index is 2.08. The van der Waals surface area contributed by atoms with Gasteiger partial charge in [0, 0.05) is 14.2 Å². The minimum Gasteiger partial charge on any atom is -0.393 e. The molecule has 0 aromatic heterocycles. The van der Waals surface area contributed by atoms with Crippen LogP contribution in [0.3, 0.4) is 0 Å². The number of halogens is 42. The van der Waals surface area contributed by atoms with Crippen molar-refractivity contribution < 1.29 is 193 Å². The Morgan fingerprint density at radius 3 is 0.403 bits per heavy atom. The van der Waals surface area contributed by atoms with Gasteiger partial charge < -0.3 is 8.85 Å². The first kappa shape index (κ1) is 64.2. The van der Waals surface area contributed by atoms with Crippen molar-refractivity contribution in [3.05, 3.63) is 0 Å². The highest BCUT2D eigenvalue weighted by Gasteiger charge is 3.08. The van der Waals surface area contributed by atoms with Crippen LogP contribution in [0.4, 0.5) is 184 Å². The Kier molecular flexibility index (Phi) is 14.9. The van der Waals surface area contributed by atoms with Crippen LogP contribution in [-0.2, 0) is 8.85 Å². The summed E-state index contributed by atoms with van der Waals surface area (Å²) >= 11 is 0. The average molecular weight is 1130 g/mol. The highest BCUT2D eigenvalue weighted by molar-refractivity contribution is 6.74. The molecule has 45 heteroatoms. The zero-order valence-corrected chi connectivity index (χ0v) is 30.2. The van der Waals surface area contributed by atoms with Crippen LogP contribution in [0.25, 0.3) is 0 Å². The molecule has 0 saturated carbocycles. The highest BCUT2D eigenvalue weighted by atomic mass is 28.4. The monoisotopic (exact) mass is 1130 g/mol. The molecule has 0 spiro atoms. The number of rotatable bonds is 18. The molecule has 2 nitrogen and oxygen atoms in total. The lowest BCUT2D eigenvalue weighted by molar-refractivity contribution is -0.472. The van der Waals surface area contributed by atoms with Crippen molar-refractivity contribution >= 4 is 8.56 Å². The molecule has 0 fully saturated rings. The van der Waals surface area contributed by atoms with E-state index in [0.29, 0.717) is 0 Å². The molecule has 0 bridgehead atoms. The largest absolute Gasteiger partial charge is 0.460 e. The number of hydrogen-bond donors (Lipinski definition) is 0. The first-order valence-corrected chi connectivity index (χ1v) is 16.0. The molecule has 0 N–H and O–H groups in total. The number of alkyl halides is 42. The summed E-state index contributed by atoms with van der Waals surface area (Å²) < 4.78 is 589. The summed E-state index contributed by atoms with van der Waals surface area (Å²) in [4.78, 5) is 0. The Bertz CT molecular complexity index is 1650. The molecule has 0 aliphatic rings. The van der Waals surface area contributed by atoms with Crippen LogP contribution in [0.1, 0.15) is 0 Å². The Hall–Kier alpha value is -2.80. The Balaban J connectivity index is 9.23. The predicted molar refractivity (Wildman–Crippen MR) is 121 cm³/mol. The van der Waals surface area contributed by atoms with Gasteiger partial charge in [-0.05, 0) is 0 Å². The minimum atomic E-state index is -12.0. The molecule has 0 aromatic carbocycles. The van der Waals surface area contributed by atoms with Gasteiger partial charge in [-0.3, -0.25) is 0 Å². The molecule has 404 valence electrons. The quantitative estimate of drug-likeness (QED) is 0.101. The summed E-state index contributed by atoms with van der Waals surface area (Å²) in [5, 5.41) is -20.9. The fraction of sp³-hybridized carbons (Fsp3) is 1.00. The fourth-order valence-electron chi connectivity index (χ4n) is 4.79. The van der Waals surface area contributed by atoms with Crippen molar-refractivity contribution in [3.63, 3.8) is 0 Å². The van der Waals surface area contributed by atoms with E-state index in [0.717, 1.165) is 0 Å². The van der Waals surface area contributed by atoms with Crippen molar-refractivity contribution in [1.82, 2.24) is 0 Å². The van der Waals surface area contributed by atoms with Crippen LogP contribution in [0, 0.1) is 0 Å². The van der Waals surface area contributed by atoms with Gasteiger partial charge in [0.05, 0.1) is 0 Å². The molecule has 0 amide bonds. The topological polar surface area (TPSA) is 18.5 Å². The highest BCUT2D eigenvalue weighted by Crippen LogP contribution is 2.72. The lowest BCUT2D eigenvalue weighted by atomic mass is 9.87. The molecule has 0 aliphatic carbocycles. The summed E-state index contributed by atoms with van der Waals surface area (Å²) in [7, 11) is -16.1. The van der Waals surface area contributed by atoms with Gasteiger partial charge in [-0.2, -0.15) is 176 Å². The Labute approximate surface area is 335 Å². The molecule has 0 aromatic rings. The number of hydrogen-bond acceptors (Lipinski definition) is 2. The first-order chi connectivity index (χ1) is 28.1. The van der Waals surface area contributed by atoms with E-state index in [1.54, 1.807) is 0 Å². The van der Waals surface area contributed by atoms with Gasteiger partial charge in [0.15, 0.2) is 0 Å². The molecule has 2 unspecified atom stereocenters. The van der Waals surface area contributed by atoms with Crippen molar-refractivity contribution in [2.45, 2.75) is 118 Å². The van der Waals surface area contributed by atoms with Crippen LogP contribution in [0.15, 0.2) is 0 Å². The SMILES string of the molecule is CO[Si](OC)(C(F)(C(F)(F)F)C(F)(F)C(F)(F)C(F)(F)C(F)(F)C(F)(F)C(F)(F)C(F)(F)C(F)(F)F)C(F)(C(F)(F)F)C(F)(F)C(F)(F)C(F)(F)C(F)(F)C(F)(F)C(F)(F)C(F)(F)C(F)(F)F. The third-order valence-electron chi connectivity index (χ3n) is 8.57. The maximum absolute atomic E-state index is 16.0. The summed E-state index contributed by atoms with van der Waals surface area (Å²) in [6, 6.07) is 0. The molecule has 67 heavy (non-hydrogen) atoms. The summed E-state index contributed by atoms with van der Waals surface area (Å²) in [5.41, 5.74) is 0. The Morgan fingerprint density at radius 1 is 0.179 bits per heavy atom. The van der Waals surface area contributed by atoms with E-state index in [-0.39, 0.29) is 0 Å². The fourth-order valence-corrected chi connectivity index (χ4v) is 8.44. The van der Waals surface area contributed by atoms with Crippen molar-refractivity contribution in [2.24, 2.45) is 0 Å². The normalized spacial score (nSPS) is 18.8. The standard InChI is InChI=1S/C22H6F42O2Si/c1-65-67(66-2,17(51,21(59,60)61)13(43,44)9(35,36)5(27,28)3(23,24)7(31,32)11(39,40)15(47,48)19(53,54)55)18(52,22(62,63)64)14(45,46)10(37,38)6(29,30)4(25,26)8(33,34)12(41,42)16(49,50)20(56,57)58/h1-2H3. The second-order valence-corrected chi connectivity index (χ2v) is 15.8. The third-order valence-corrected chi connectivity index (χ3v) is 12.7. The predicted octanol–water partition coefficient (Wildman–Crippen LogP) is 13.4. The van der Waals surface area contributed by atoms with E-state index in [1.165, 1.54) is 0 Å². The van der Waals surface area contributed by atoms with E-state index in [4.69, 9.17) is 0 Å². The molecule has 0 heterocycles. The van der Waals surface area contributed by atoms with Gasteiger partial charge in [0.2, 0.25) is 0 Å². The Morgan fingerprint density at radius 2 is 0.299 bits per heavy atom. The van der Waals surface area contributed by atoms with Crippen LogP contribution < -0.4 is 0 Å². The molecule has 2 atom stereocenters. The van der Waals surface area contributed by atoms with Gasteiger partial charge in [-0.1, -0.05) is 0 Å². The molecule has 0 saturated heterocycles. The van der Waals surface area contributed by atoms with Gasteiger partial charge in [-0.15, -0.1) is 0 Å². The lowest BCUT2D eigenvalue weighted by Gasteiger charge is -2.54. The summed E-state index contributed by atoms with van der Waals surface area (Å²) in [5.74, 6) is -142. The van der Waals surface area contributed by atoms with Crippen LogP contribution in [-0.4, -0.2) is 141 Å². The van der Waals surface area contributed by atoms with Gasteiger partial charge in [-0.25, -0.2) is 8.78 Å². The van der Waals surface area contributed by atoms with Gasteiger partial charge in [0.1, 0.15) is 0 Å². The molecular weight excluding hydrogens is 1120 g/mol. The van der Waals surface area contributed by atoms with Crippen molar-refractivity contribution in [2.75, 3.05) is 14.2 Å². The summed E-state index contributed by atoms with van der Waals surface area (Å²) in [6.45, 7) is 0. The molecule has 0 radical (unpaired) electrons. The third kappa shape index (κ3) is 7.05. The smallest absolute Gasteiger partial charge is 0.393 e. The zero-order valence-electron chi connectivity index (χ0n) is 29.2. The second kappa shape index (κ2) is 15.6. The van der Waals surface area contributed by atoms with Crippen LogP contribution >= 0.6 is 0 Å². The summed E-state index contributed by atoms with van der Waals surface area (Å²) in [6.07, 6.45) is -37.0. The van der Waals surface area contributed by atoms with Crippen LogP contribution in [0.5, 0.6) is 0 Å². The molecule has 0 rings (SSSR count). The van der Waals surface area contributed by atoms with E-state index in [9.17, 15) is 158 Å². The van der Waals surface area contributed by atoms with E-state index < -0.39 is 141 Å². The maximum Gasteiger partial charge on any atom is 0.460 e. The maximum atomic E-state index is 16.0. The average Bonchev–Trinajstić information content (AvgIpc) is 3.08. The van der Waals surface area contributed by atoms with Crippen LogP contribution in [0.2, 0.25) is 0 Å². The van der Waals surface area contributed by atoms with E-state index in [2.05, 4.69) is 8.85 Å². The lowest BCUT2D eigenvalue weighted by Crippen LogP contribution is -2.92. The second-order valence-electron chi connectivity index (χ2n) is 12.4. The van der Waals surface area contributed by atoms with Gasteiger partial charge in [0.25, 0.3) is 0 Å². The molecular formula is C22H6F42O2Si. The molecule has 0 aliphatic heterocycles. The van der Waals surface area contributed by atoms with Crippen molar-refractivity contribution in [3.8, 4) is 0 Å². The van der Waals surface area contributed by atoms with Gasteiger partial charge >= 0.3 is 127 Å².